The summed E-state index contributed by atoms with van der Waals surface area (Å²) < 4.78 is 14.9. The number of carbonyl (C=O) groups is 4. The SMILES string of the molecule is CCC1(C)CC(OC(=O)CCn2c(=O)n(CCC(=O)OC3CC(C)(CC)N(C(C)=O)C(C)(CC)C3C)c(=O)n(Cc3cc(C(C)(C)C)c(O)c(C)c3C)c2=O)C(C)C(C)(CC)N1C(C)=O. The summed E-state index contributed by atoms with van der Waals surface area (Å²) in [5.41, 5.74) is -3.27. The van der Waals surface area contributed by atoms with Crippen LogP contribution in [0.2, 0.25) is 0 Å². The van der Waals surface area contributed by atoms with E-state index in [4.69, 9.17) is 9.47 Å². The van der Waals surface area contributed by atoms with Crippen LogP contribution in [-0.4, -0.2) is 86.7 Å². The molecule has 0 radical (unpaired) electrons. The van der Waals surface area contributed by atoms with Crippen LogP contribution in [0.4, 0.5) is 0 Å². The lowest BCUT2D eigenvalue weighted by Gasteiger charge is -2.60. The topological polar surface area (TPSA) is 179 Å². The first-order valence-electron chi connectivity index (χ1n) is 23.7. The van der Waals surface area contributed by atoms with Gasteiger partial charge >= 0.3 is 29.0 Å². The van der Waals surface area contributed by atoms with Gasteiger partial charge in [-0.05, 0) is 101 Å². The standard InChI is InChI=1S/C50H79N5O10/c1-18-47(14)27-38(32(7)49(16,20-3)54(47)34(9)56)64-40(58)22-24-51-43(61)52(45(63)53(44(51)62)29-36-26-37(46(11,12)13)42(60)31(6)30(36)5)25-23-41(59)65-39-28-48(15,19-2)55(35(10)57)50(17,21-4)33(39)8/h26,32-33,38-39,60H,18-25,27-29H2,1-17H3. The van der Waals surface area contributed by atoms with Crippen molar-refractivity contribution in [2.75, 3.05) is 0 Å². The Morgan fingerprint density at radius 1 is 0.662 bits per heavy atom. The Balaban J connectivity index is 1.73. The van der Waals surface area contributed by atoms with Crippen molar-refractivity contribution in [3.8, 4) is 5.75 Å². The molecular weight excluding hydrogens is 831 g/mol. The molecule has 2 aliphatic rings. The van der Waals surface area contributed by atoms with Crippen LogP contribution in [0.25, 0.3) is 0 Å². The number of rotatable bonds is 14. The molecule has 0 spiro atoms. The Kier molecular flexibility index (Phi) is 15.7. The Morgan fingerprint density at radius 3 is 1.35 bits per heavy atom. The first kappa shape index (κ1) is 52.9. The average Bonchev–Trinajstić information content (AvgIpc) is 3.22. The smallest absolute Gasteiger partial charge is 0.336 e. The van der Waals surface area contributed by atoms with E-state index in [9.17, 15) is 38.7 Å². The minimum atomic E-state index is -0.980. The fourth-order valence-electron chi connectivity index (χ4n) is 11.1. The number of piperidine rings is 2. The first-order chi connectivity index (χ1) is 29.9. The molecule has 2 saturated heterocycles. The summed E-state index contributed by atoms with van der Waals surface area (Å²) in [6.45, 7) is 31.4. The van der Waals surface area contributed by atoms with E-state index < -0.39 is 81.9 Å². The van der Waals surface area contributed by atoms with Gasteiger partial charge in [-0.1, -0.05) is 62.3 Å². The molecule has 2 amide bonds. The number of benzene rings is 1. The maximum Gasteiger partial charge on any atom is 0.336 e. The van der Waals surface area contributed by atoms with Gasteiger partial charge in [0.25, 0.3) is 0 Å². The zero-order valence-corrected chi connectivity index (χ0v) is 42.5. The normalized spacial score (nSPS) is 28.3. The van der Waals surface area contributed by atoms with Crippen molar-refractivity contribution < 1.29 is 33.8 Å². The van der Waals surface area contributed by atoms with Gasteiger partial charge < -0.3 is 24.4 Å². The van der Waals surface area contributed by atoms with E-state index in [2.05, 4.69) is 0 Å². The quantitative estimate of drug-likeness (QED) is 0.196. The maximum atomic E-state index is 14.4. The lowest BCUT2D eigenvalue weighted by molar-refractivity contribution is -0.184. The third kappa shape index (κ3) is 9.76. The summed E-state index contributed by atoms with van der Waals surface area (Å²) in [6, 6.07) is 1.76. The molecular formula is C50H79N5O10. The predicted octanol–water partition coefficient (Wildman–Crippen LogP) is 6.90. The van der Waals surface area contributed by atoms with E-state index in [0.29, 0.717) is 60.8 Å². The summed E-state index contributed by atoms with van der Waals surface area (Å²) in [6.07, 6.45) is 1.52. The monoisotopic (exact) mass is 910 g/mol. The highest BCUT2D eigenvalue weighted by molar-refractivity contribution is 5.76. The third-order valence-electron chi connectivity index (χ3n) is 16.2. The number of ether oxygens (including phenoxy) is 2. The highest BCUT2D eigenvalue weighted by Crippen LogP contribution is 2.48. The number of aromatic hydroxyl groups is 1. The zero-order chi connectivity index (χ0) is 49.5. The van der Waals surface area contributed by atoms with Gasteiger partial charge in [0.15, 0.2) is 0 Å². The second-order valence-corrected chi connectivity index (χ2v) is 21.0. The number of phenolic OH excluding ortho intramolecular Hbond substituents is 1. The van der Waals surface area contributed by atoms with Gasteiger partial charge in [-0.3, -0.25) is 19.2 Å². The van der Waals surface area contributed by atoms with Crippen molar-refractivity contribution in [2.45, 2.75) is 228 Å². The molecule has 0 aliphatic carbocycles. The second kappa shape index (κ2) is 19.3. The lowest BCUT2D eigenvalue weighted by atomic mass is 9.68. The van der Waals surface area contributed by atoms with Crippen molar-refractivity contribution in [1.29, 1.82) is 0 Å². The lowest BCUT2D eigenvalue weighted by Crippen LogP contribution is -2.69. The van der Waals surface area contributed by atoms with E-state index in [0.717, 1.165) is 13.7 Å². The molecule has 1 aromatic heterocycles. The molecule has 15 heteroatoms. The minimum Gasteiger partial charge on any atom is -0.507 e. The van der Waals surface area contributed by atoms with Crippen molar-refractivity contribution in [2.24, 2.45) is 11.8 Å². The number of hydrogen-bond donors (Lipinski definition) is 1. The average molecular weight is 910 g/mol. The molecule has 3 heterocycles. The van der Waals surface area contributed by atoms with Gasteiger partial charge in [0.05, 0.1) is 19.4 Å². The summed E-state index contributed by atoms with van der Waals surface area (Å²) in [5, 5.41) is 11.1. The van der Waals surface area contributed by atoms with Crippen LogP contribution in [-0.2, 0) is 53.7 Å². The van der Waals surface area contributed by atoms with Crippen molar-refractivity contribution in [3.63, 3.8) is 0 Å². The van der Waals surface area contributed by atoms with Crippen molar-refractivity contribution >= 4 is 23.8 Å². The van der Waals surface area contributed by atoms with Crippen LogP contribution in [0.1, 0.15) is 177 Å². The number of phenols is 1. The van der Waals surface area contributed by atoms with Crippen molar-refractivity contribution in [3.05, 3.63) is 59.8 Å². The molecule has 0 bridgehead atoms. The van der Waals surface area contributed by atoms with Crippen molar-refractivity contribution in [1.82, 2.24) is 23.5 Å². The fraction of sp³-hybridized carbons (Fsp3) is 0.740. The molecule has 8 atom stereocenters. The number of carbonyl (C=O) groups excluding carboxylic acids is 4. The van der Waals surface area contributed by atoms with Gasteiger partial charge in [-0.25, -0.2) is 28.1 Å². The molecule has 65 heavy (non-hydrogen) atoms. The number of likely N-dealkylation sites (tertiary alicyclic amines) is 2. The number of amides is 2. The molecule has 4 rings (SSSR count). The molecule has 1 aromatic carbocycles. The van der Waals surface area contributed by atoms with Crippen LogP contribution >= 0.6 is 0 Å². The van der Waals surface area contributed by atoms with E-state index in [-0.39, 0.29) is 48.8 Å². The number of aromatic nitrogens is 3. The van der Waals surface area contributed by atoms with Crippen LogP contribution < -0.4 is 17.1 Å². The molecule has 15 nitrogen and oxygen atoms in total. The predicted molar refractivity (Wildman–Crippen MR) is 251 cm³/mol. The largest absolute Gasteiger partial charge is 0.507 e. The minimum absolute atomic E-state index is 0.0508. The highest BCUT2D eigenvalue weighted by Gasteiger charge is 2.56. The first-order valence-corrected chi connectivity index (χ1v) is 23.7. The van der Waals surface area contributed by atoms with Crippen LogP contribution in [0, 0.1) is 25.7 Å². The number of hydrogen-bond acceptors (Lipinski definition) is 10. The summed E-state index contributed by atoms with van der Waals surface area (Å²) in [7, 11) is 0. The van der Waals surface area contributed by atoms with E-state index >= 15 is 0 Å². The Hall–Kier alpha value is -4.69. The van der Waals surface area contributed by atoms with Gasteiger partial charge in [-0.2, -0.15) is 0 Å². The molecule has 2 aliphatic heterocycles. The van der Waals surface area contributed by atoms with Crippen LogP contribution in [0.5, 0.6) is 5.75 Å². The van der Waals surface area contributed by atoms with Gasteiger partial charge in [0.1, 0.15) is 18.0 Å². The summed E-state index contributed by atoms with van der Waals surface area (Å²) in [4.78, 5) is 100. The highest BCUT2D eigenvalue weighted by atomic mass is 16.5. The van der Waals surface area contributed by atoms with E-state index in [1.807, 2.05) is 99.8 Å². The van der Waals surface area contributed by atoms with E-state index in [1.54, 1.807) is 33.8 Å². The van der Waals surface area contributed by atoms with Crippen LogP contribution in [0.3, 0.4) is 0 Å². The summed E-state index contributed by atoms with van der Waals surface area (Å²) >= 11 is 0. The Labute approximate surface area is 385 Å². The van der Waals surface area contributed by atoms with Gasteiger partial charge in [0.2, 0.25) is 11.8 Å². The maximum absolute atomic E-state index is 14.4. The summed E-state index contributed by atoms with van der Waals surface area (Å²) in [5.74, 6) is -1.73. The van der Waals surface area contributed by atoms with Gasteiger partial charge in [0, 0.05) is 73.8 Å². The Bertz CT molecular complexity index is 2220. The molecule has 364 valence electrons. The van der Waals surface area contributed by atoms with Crippen LogP contribution in [0.15, 0.2) is 20.4 Å². The molecule has 1 N–H and O–H groups in total. The van der Waals surface area contributed by atoms with E-state index in [1.165, 1.54) is 0 Å². The molecule has 2 aromatic rings. The number of nitrogens with zero attached hydrogens (tertiary/aromatic N) is 5. The second-order valence-electron chi connectivity index (χ2n) is 21.0. The zero-order valence-electron chi connectivity index (χ0n) is 42.5. The third-order valence-corrected chi connectivity index (χ3v) is 16.2. The van der Waals surface area contributed by atoms with Gasteiger partial charge in [-0.15, -0.1) is 0 Å². The fourth-order valence-corrected chi connectivity index (χ4v) is 11.1. The Morgan fingerprint density at radius 2 is 1.03 bits per heavy atom. The molecule has 2 fully saturated rings. The number of esters is 2. The molecule has 0 saturated carbocycles. The molecule has 8 unspecified atom stereocenters.